The van der Waals surface area contributed by atoms with Gasteiger partial charge in [-0.3, -0.25) is 4.79 Å². The quantitative estimate of drug-likeness (QED) is 0.793. The monoisotopic (exact) mass is 355 g/mol. The fourth-order valence-corrected chi connectivity index (χ4v) is 2.35. The summed E-state index contributed by atoms with van der Waals surface area (Å²) < 4.78 is 13.6. The molecule has 0 radical (unpaired) electrons. The second kappa shape index (κ2) is 6.86. The van der Waals surface area contributed by atoms with E-state index in [4.69, 9.17) is 11.6 Å². The molecule has 0 aliphatic rings. The predicted octanol–water partition coefficient (Wildman–Crippen LogP) is 4.67. The van der Waals surface area contributed by atoms with Gasteiger partial charge < -0.3 is 5.32 Å². The summed E-state index contributed by atoms with van der Waals surface area (Å²) in [5.74, 6) is -1.13. The Kier molecular flexibility index (Phi) is 5.15. The first-order valence-electron chi connectivity index (χ1n) is 6.01. The van der Waals surface area contributed by atoms with Crippen LogP contribution < -0.4 is 5.32 Å². The zero-order valence-electron chi connectivity index (χ0n) is 10.5. The van der Waals surface area contributed by atoms with E-state index in [0.29, 0.717) is 5.69 Å². The lowest BCUT2D eigenvalue weighted by atomic mass is 10.1. The SMILES string of the molecule is O=C(Nc1ccc(CCBr)cc1)c1ccc(Cl)cc1F. The number of anilines is 1. The molecule has 0 fully saturated rings. The minimum Gasteiger partial charge on any atom is -0.322 e. The van der Waals surface area contributed by atoms with Gasteiger partial charge in [-0.2, -0.15) is 0 Å². The minimum atomic E-state index is -0.633. The van der Waals surface area contributed by atoms with E-state index in [1.807, 2.05) is 12.1 Å². The summed E-state index contributed by atoms with van der Waals surface area (Å²) in [4.78, 5) is 12.0. The number of aryl methyl sites for hydroxylation is 1. The van der Waals surface area contributed by atoms with Crippen LogP contribution in [0.1, 0.15) is 15.9 Å². The lowest BCUT2D eigenvalue weighted by molar-refractivity contribution is 0.102. The summed E-state index contributed by atoms with van der Waals surface area (Å²) in [5.41, 5.74) is 1.76. The van der Waals surface area contributed by atoms with Crippen molar-refractivity contribution in [3.8, 4) is 0 Å². The average molecular weight is 357 g/mol. The molecule has 0 unspecified atom stereocenters. The number of rotatable bonds is 4. The van der Waals surface area contributed by atoms with Gasteiger partial charge in [-0.05, 0) is 42.3 Å². The Morgan fingerprint density at radius 2 is 1.90 bits per heavy atom. The molecule has 0 bridgehead atoms. The van der Waals surface area contributed by atoms with E-state index in [9.17, 15) is 9.18 Å². The standard InChI is InChI=1S/C15H12BrClFNO/c16-8-7-10-1-4-12(5-2-10)19-15(20)13-6-3-11(17)9-14(13)18/h1-6,9H,7-8H2,(H,19,20). The molecule has 5 heteroatoms. The molecule has 0 atom stereocenters. The first-order chi connectivity index (χ1) is 9.60. The number of alkyl halides is 1. The van der Waals surface area contributed by atoms with Crippen molar-refractivity contribution >= 4 is 39.1 Å². The van der Waals surface area contributed by atoms with Gasteiger partial charge in [0.25, 0.3) is 5.91 Å². The van der Waals surface area contributed by atoms with Gasteiger partial charge in [-0.1, -0.05) is 39.7 Å². The minimum absolute atomic E-state index is 0.0288. The van der Waals surface area contributed by atoms with Crippen molar-refractivity contribution < 1.29 is 9.18 Å². The Morgan fingerprint density at radius 3 is 2.50 bits per heavy atom. The number of halogens is 3. The molecule has 20 heavy (non-hydrogen) atoms. The van der Waals surface area contributed by atoms with E-state index in [1.165, 1.54) is 12.1 Å². The maximum atomic E-state index is 13.6. The third-order valence-electron chi connectivity index (χ3n) is 2.77. The van der Waals surface area contributed by atoms with Crippen molar-refractivity contribution in [1.82, 2.24) is 0 Å². The molecular formula is C15H12BrClFNO. The molecule has 2 rings (SSSR count). The number of hydrogen-bond donors (Lipinski definition) is 1. The molecule has 0 aliphatic carbocycles. The maximum absolute atomic E-state index is 13.6. The molecule has 1 N–H and O–H groups in total. The number of amides is 1. The maximum Gasteiger partial charge on any atom is 0.258 e. The van der Waals surface area contributed by atoms with Crippen LogP contribution in [0.3, 0.4) is 0 Å². The Labute approximate surface area is 130 Å². The fourth-order valence-electron chi connectivity index (χ4n) is 1.74. The molecule has 0 aliphatic heterocycles. The van der Waals surface area contributed by atoms with E-state index in [2.05, 4.69) is 21.2 Å². The van der Waals surface area contributed by atoms with Crippen LogP contribution in [-0.4, -0.2) is 11.2 Å². The molecule has 2 nitrogen and oxygen atoms in total. The van der Waals surface area contributed by atoms with Crippen molar-refractivity contribution in [1.29, 1.82) is 0 Å². The predicted molar refractivity (Wildman–Crippen MR) is 83.3 cm³/mol. The number of hydrogen-bond acceptors (Lipinski definition) is 1. The van der Waals surface area contributed by atoms with Crippen molar-refractivity contribution in [2.24, 2.45) is 0 Å². The third-order valence-corrected chi connectivity index (χ3v) is 3.40. The van der Waals surface area contributed by atoms with E-state index >= 15 is 0 Å². The second-order valence-corrected chi connectivity index (χ2v) is 5.44. The van der Waals surface area contributed by atoms with E-state index in [1.54, 1.807) is 12.1 Å². The van der Waals surface area contributed by atoms with Crippen LogP contribution in [0.25, 0.3) is 0 Å². The van der Waals surface area contributed by atoms with Crippen LogP contribution in [0.4, 0.5) is 10.1 Å². The van der Waals surface area contributed by atoms with Gasteiger partial charge in [0.05, 0.1) is 5.56 Å². The van der Waals surface area contributed by atoms with Gasteiger partial charge in [-0.25, -0.2) is 4.39 Å². The first-order valence-corrected chi connectivity index (χ1v) is 7.51. The number of carbonyl (C=O) groups excluding carboxylic acids is 1. The van der Waals surface area contributed by atoms with Crippen LogP contribution in [0, 0.1) is 5.82 Å². The van der Waals surface area contributed by atoms with E-state index in [0.717, 1.165) is 23.4 Å². The van der Waals surface area contributed by atoms with Gasteiger partial charge in [0.2, 0.25) is 0 Å². The van der Waals surface area contributed by atoms with Crippen LogP contribution in [0.2, 0.25) is 5.02 Å². The third kappa shape index (κ3) is 3.81. The highest BCUT2D eigenvalue weighted by Gasteiger charge is 2.12. The van der Waals surface area contributed by atoms with Gasteiger partial charge in [0, 0.05) is 16.0 Å². The average Bonchev–Trinajstić information content (AvgIpc) is 2.41. The Balaban J connectivity index is 2.11. The highest BCUT2D eigenvalue weighted by atomic mass is 79.9. The Hall–Kier alpha value is -1.39. The smallest absolute Gasteiger partial charge is 0.258 e. The molecule has 0 aromatic heterocycles. The molecule has 0 saturated heterocycles. The molecular weight excluding hydrogens is 345 g/mol. The highest BCUT2D eigenvalue weighted by Crippen LogP contribution is 2.17. The summed E-state index contributed by atoms with van der Waals surface area (Å²) in [5, 5.41) is 3.80. The highest BCUT2D eigenvalue weighted by molar-refractivity contribution is 9.09. The molecule has 2 aromatic carbocycles. The van der Waals surface area contributed by atoms with Crippen LogP contribution >= 0.6 is 27.5 Å². The van der Waals surface area contributed by atoms with Crippen molar-refractivity contribution in [3.05, 3.63) is 64.4 Å². The number of carbonyl (C=O) groups is 1. The largest absolute Gasteiger partial charge is 0.322 e. The summed E-state index contributed by atoms with van der Waals surface area (Å²) in [6, 6.07) is 11.4. The van der Waals surface area contributed by atoms with Crippen molar-refractivity contribution in [3.63, 3.8) is 0 Å². The summed E-state index contributed by atoms with van der Waals surface area (Å²) in [7, 11) is 0. The lowest BCUT2D eigenvalue weighted by Gasteiger charge is -2.07. The topological polar surface area (TPSA) is 29.1 Å². The summed E-state index contributed by atoms with van der Waals surface area (Å²) >= 11 is 9.02. The van der Waals surface area contributed by atoms with Gasteiger partial charge in [-0.15, -0.1) is 0 Å². The van der Waals surface area contributed by atoms with Crippen LogP contribution in [0.5, 0.6) is 0 Å². The molecule has 1 amide bonds. The van der Waals surface area contributed by atoms with Crippen molar-refractivity contribution in [2.45, 2.75) is 6.42 Å². The van der Waals surface area contributed by atoms with Gasteiger partial charge >= 0.3 is 0 Å². The molecule has 0 heterocycles. The molecule has 2 aromatic rings. The lowest BCUT2D eigenvalue weighted by Crippen LogP contribution is -2.13. The van der Waals surface area contributed by atoms with Gasteiger partial charge in [0.15, 0.2) is 0 Å². The molecule has 0 spiro atoms. The van der Waals surface area contributed by atoms with Crippen LogP contribution in [0.15, 0.2) is 42.5 Å². The molecule has 104 valence electrons. The van der Waals surface area contributed by atoms with Gasteiger partial charge in [0.1, 0.15) is 5.82 Å². The van der Waals surface area contributed by atoms with Crippen LogP contribution in [-0.2, 0) is 6.42 Å². The summed E-state index contributed by atoms with van der Waals surface area (Å²) in [6.45, 7) is 0. The Bertz CT molecular complexity index is 616. The normalized spacial score (nSPS) is 10.3. The Morgan fingerprint density at radius 1 is 1.20 bits per heavy atom. The number of nitrogens with one attached hydrogen (secondary N) is 1. The molecule has 0 saturated carbocycles. The first kappa shape index (κ1) is 15.0. The van der Waals surface area contributed by atoms with E-state index < -0.39 is 11.7 Å². The van der Waals surface area contributed by atoms with Crippen molar-refractivity contribution in [2.75, 3.05) is 10.6 Å². The van der Waals surface area contributed by atoms with E-state index in [-0.39, 0.29) is 10.6 Å². The number of benzene rings is 2. The fraction of sp³-hybridized carbons (Fsp3) is 0.133. The summed E-state index contributed by atoms with van der Waals surface area (Å²) in [6.07, 6.45) is 0.917. The zero-order chi connectivity index (χ0) is 14.5. The second-order valence-electron chi connectivity index (χ2n) is 4.21. The zero-order valence-corrected chi connectivity index (χ0v) is 12.8.